The summed E-state index contributed by atoms with van der Waals surface area (Å²) in [5.74, 6) is 0.212. The molecule has 0 spiro atoms. The Labute approximate surface area is 136 Å². The molecule has 0 saturated heterocycles. The van der Waals surface area contributed by atoms with E-state index in [1.807, 2.05) is 48.5 Å². The van der Waals surface area contributed by atoms with E-state index in [4.69, 9.17) is 5.73 Å². The highest BCUT2D eigenvalue weighted by molar-refractivity contribution is 9.10. The van der Waals surface area contributed by atoms with Crippen molar-refractivity contribution < 1.29 is 0 Å². The van der Waals surface area contributed by atoms with Crippen LogP contribution in [0.3, 0.4) is 0 Å². The quantitative estimate of drug-likeness (QED) is 0.756. The lowest BCUT2D eigenvalue weighted by molar-refractivity contribution is 1.24. The smallest absolute Gasteiger partial charge is 0.142 e. The Morgan fingerprint density at radius 3 is 2.45 bits per heavy atom. The van der Waals surface area contributed by atoms with Gasteiger partial charge in [-0.2, -0.15) is 5.26 Å². The first-order valence-electron chi connectivity index (χ1n) is 6.57. The number of hydrogen-bond acceptors (Lipinski definition) is 4. The number of halogens is 1. The second kappa shape index (κ2) is 5.96. The Kier molecular flexibility index (Phi) is 3.86. The number of nitrogens with two attached hydrogens (primary N) is 1. The summed E-state index contributed by atoms with van der Waals surface area (Å²) in [5.41, 5.74) is 9.37. The number of benzene rings is 1. The van der Waals surface area contributed by atoms with Gasteiger partial charge in [-0.1, -0.05) is 34.1 Å². The van der Waals surface area contributed by atoms with Gasteiger partial charge in [-0.3, -0.25) is 4.98 Å². The van der Waals surface area contributed by atoms with Crippen LogP contribution >= 0.6 is 15.9 Å². The van der Waals surface area contributed by atoms with Crippen molar-refractivity contribution >= 4 is 21.7 Å². The maximum absolute atomic E-state index is 9.38. The molecule has 2 N–H and O–H groups in total. The van der Waals surface area contributed by atoms with Gasteiger partial charge in [-0.05, 0) is 35.9 Å². The van der Waals surface area contributed by atoms with Crippen LogP contribution in [-0.4, -0.2) is 9.97 Å². The molecule has 0 amide bonds. The summed E-state index contributed by atoms with van der Waals surface area (Å²) in [6, 6.07) is 17.3. The lowest BCUT2D eigenvalue weighted by atomic mass is 9.99. The SMILES string of the molecule is N#Cc1c(-c2ccc(Br)cc2)cc(-c2ccccn2)nc1N. The Morgan fingerprint density at radius 1 is 1.05 bits per heavy atom. The zero-order valence-corrected chi connectivity index (χ0v) is 13.1. The van der Waals surface area contributed by atoms with E-state index in [1.54, 1.807) is 6.20 Å². The normalized spacial score (nSPS) is 10.2. The van der Waals surface area contributed by atoms with Crippen LogP contribution in [0, 0.1) is 11.3 Å². The van der Waals surface area contributed by atoms with Crippen LogP contribution in [0.15, 0.2) is 59.2 Å². The fraction of sp³-hybridized carbons (Fsp3) is 0. The summed E-state index contributed by atoms with van der Waals surface area (Å²) in [6.07, 6.45) is 1.70. The summed E-state index contributed by atoms with van der Waals surface area (Å²) in [4.78, 5) is 8.59. The second-order valence-electron chi connectivity index (χ2n) is 4.65. The maximum Gasteiger partial charge on any atom is 0.142 e. The Morgan fingerprint density at radius 2 is 1.82 bits per heavy atom. The van der Waals surface area contributed by atoms with E-state index in [0.717, 1.165) is 21.3 Å². The molecule has 2 heterocycles. The van der Waals surface area contributed by atoms with Gasteiger partial charge in [0.1, 0.15) is 17.5 Å². The fourth-order valence-corrected chi connectivity index (χ4v) is 2.45. The van der Waals surface area contributed by atoms with E-state index in [1.165, 1.54) is 0 Å². The third-order valence-corrected chi connectivity index (χ3v) is 3.77. The first-order chi connectivity index (χ1) is 10.7. The van der Waals surface area contributed by atoms with Crippen LogP contribution in [-0.2, 0) is 0 Å². The summed E-state index contributed by atoms with van der Waals surface area (Å²) in [6.45, 7) is 0. The fourth-order valence-electron chi connectivity index (χ4n) is 2.18. The van der Waals surface area contributed by atoms with Gasteiger partial charge in [0.2, 0.25) is 0 Å². The van der Waals surface area contributed by atoms with Gasteiger partial charge in [0.15, 0.2) is 0 Å². The predicted octanol–water partition coefficient (Wildman–Crippen LogP) is 4.03. The van der Waals surface area contributed by atoms with Crippen LogP contribution in [0.25, 0.3) is 22.5 Å². The number of pyridine rings is 2. The predicted molar refractivity (Wildman–Crippen MR) is 89.7 cm³/mol. The van der Waals surface area contributed by atoms with Crippen molar-refractivity contribution in [2.45, 2.75) is 0 Å². The van der Waals surface area contributed by atoms with Gasteiger partial charge >= 0.3 is 0 Å². The van der Waals surface area contributed by atoms with Crippen LogP contribution in [0.1, 0.15) is 5.56 Å². The number of anilines is 1. The molecular formula is C17H11BrN4. The van der Waals surface area contributed by atoms with Crippen LogP contribution in [0.2, 0.25) is 0 Å². The van der Waals surface area contributed by atoms with E-state index in [2.05, 4.69) is 32.0 Å². The molecule has 0 radical (unpaired) electrons. The molecule has 4 nitrogen and oxygen atoms in total. The molecule has 0 aliphatic carbocycles. The van der Waals surface area contributed by atoms with E-state index in [0.29, 0.717) is 11.3 Å². The Balaban J connectivity index is 2.22. The minimum atomic E-state index is 0.212. The molecule has 0 fully saturated rings. The number of nitrogen functional groups attached to an aromatic ring is 1. The first-order valence-corrected chi connectivity index (χ1v) is 7.36. The molecule has 5 heteroatoms. The number of nitriles is 1. The van der Waals surface area contributed by atoms with Gasteiger partial charge in [-0.15, -0.1) is 0 Å². The monoisotopic (exact) mass is 350 g/mol. The molecule has 3 aromatic rings. The summed E-state index contributed by atoms with van der Waals surface area (Å²) in [7, 11) is 0. The van der Waals surface area contributed by atoms with Crippen molar-refractivity contribution in [2.75, 3.05) is 5.73 Å². The van der Waals surface area contributed by atoms with E-state index < -0.39 is 0 Å². The molecule has 0 saturated carbocycles. The van der Waals surface area contributed by atoms with Gasteiger partial charge in [-0.25, -0.2) is 4.98 Å². The lowest BCUT2D eigenvalue weighted by Gasteiger charge is -2.10. The summed E-state index contributed by atoms with van der Waals surface area (Å²) in [5, 5.41) is 9.38. The molecular weight excluding hydrogens is 340 g/mol. The van der Waals surface area contributed by atoms with E-state index >= 15 is 0 Å². The van der Waals surface area contributed by atoms with Gasteiger partial charge in [0.05, 0.1) is 11.4 Å². The number of aromatic nitrogens is 2. The molecule has 1 aromatic carbocycles. The molecule has 0 aliphatic rings. The molecule has 3 rings (SSSR count). The highest BCUT2D eigenvalue weighted by atomic mass is 79.9. The maximum atomic E-state index is 9.38. The largest absolute Gasteiger partial charge is 0.383 e. The minimum Gasteiger partial charge on any atom is -0.383 e. The molecule has 0 unspecified atom stereocenters. The van der Waals surface area contributed by atoms with Crippen molar-refractivity contribution in [1.82, 2.24) is 9.97 Å². The molecule has 2 aromatic heterocycles. The minimum absolute atomic E-state index is 0.212. The topological polar surface area (TPSA) is 75.6 Å². The van der Waals surface area contributed by atoms with Gasteiger partial charge < -0.3 is 5.73 Å². The molecule has 106 valence electrons. The van der Waals surface area contributed by atoms with Gasteiger partial charge in [0, 0.05) is 16.2 Å². The average molecular weight is 351 g/mol. The van der Waals surface area contributed by atoms with Crippen molar-refractivity contribution in [3.05, 3.63) is 64.8 Å². The average Bonchev–Trinajstić information content (AvgIpc) is 2.55. The molecule has 0 bridgehead atoms. The van der Waals surface area contributed by atoms with Crippen LogP contribution in [0.5, 0.6) is 0 Å². The summed E-state index contributed by atoms with van der Waals surface area (Å²) >= 11 is 3.41. The Hall–Kier alpha value is -2.71. The van der Waals surface area contributed by atoms with Crippen molar-refractivity contribution in [2.24, 2.45) is 0 Å². The molecule has 22 heavy (non-hydrogen) atoms. The van der Waals surface area contributed by atoms with E-state index in [-0.39, 0.29) is 5.82 Å². The zero-order valence-electron chi connectivity index (χ0n) is 11.5. The third kappa shape index (κ3) is 2.69. The van der Waals surface area contributed by atoms with Crippen molar-refractivity contribution in [3.8, 4) is 28.6 Å². The number of hydrogen-bond donors (Lipinski definition) is 1. The van der Waals surface area contributed by atoms with E-state index in [9.17, 15) is 5.26 Å². The van der Waals surface area contributed by atoms with Crippen molar-refractivity contribution in [3.63, 3.8) is 0 Å². The number of rotatable bonds is 2. The molecule has 0 atom stereocenters. The lowest BCUT2D eigenvalue weighted by Crippen LogP contribution is -2.00. The zero-order chi connectivity index (χ0) is 15.5. The molecule has 0 aliphatic heterocycles. The van der Waals surface area contributed by atoms with Crippen molar-refractivity contribution in [1.29, 1.82) is 5.26 Å². The summed E-state index contributed by atoms with van der Waals surface area (Å²) < 4.78 is 0.974. The standard InChI is InChI=1S/C17H11BrN4/c18-12-6-4-11(5-7-12)13-9-16(15-3-1-2-8-21-15)22-17(20)14(13)10-19/h1-9H,(H2,20,22). The van der Waals surface area contributed by atoms with Crippen LogP contribution < -0.4 is 5.73 Å². The number of nitrogens with zero attached hydrogens (tertiary/aromatic N) is 3. The highest BCUT2D eigenvalue weighted by Crippen LogP contribution is 2.31. The highest BCUT2D eigenvalue weighted by Gasteiger charge is 2.13. The Bertz CT molecular complexity index is 852. The first kappa shape index (κ1) is 14.2. The third-order valence-electron chi connectivity index (χ3n) is 3.24. The second-order valence-corrected chi connectivity index (χ2v) is 5.56. The van der Waals surface area contributed by atoms with Gasteiger partial charge in [0.25, 0.3) is 0 Å². The van der Waals surface area contributed by atoms with Crippen LogP contribution in [0.4, 0.5) is 5.82 Å².